The van der Waals surface area contributed by atoms with Gasteiger partial charge in [0.15, 0.2) is 0 Å². The Kier molecular flexibility index (Phi) is 12.1. The van der Waals surface area contributed by atoms with Crippen LogP contribution in [0.5, 0.6) is 0 Å². The minimum atomic E-state index is 0. The Balaban J connectivity index is 0.000000222. The molecule has 0 N–H and O–H groups in total. The summed E-state index contributed by atoms with van der Waals surface area (Å²) >= 11 is 1.46. The van der Waals surface area contributed by atoms with Gasteiger partial charge in [-0.25, -0.2) is 12.2 Å². The van der Waals surface area contributed by atoms with Crippen LogP contribution >= 0.6 is 0 Å². The molecule has 6 aliphatic carbocycles. The van der Waals surface area contributed by atoms with Crippen molar-refractivity contribution in [3.63, 3.8) is 0 Å². The number of hydrogen-bond donors (Lipinski definition) is 0. The van der Waals surface area contributed by atoms with Gasteiger partial charge in [-0.15, -0.1) is 23.8 Å². The van der Waals surface area contributed by atoms with Gasteiger partial charge in [0.1, 0.15) is 0 Å². The van der Waals surface area contributed by atoms with Crippen LogP contribution in [-0.2, 0) is 24.2 Å². The normalized spacial score (nSPS) is 38.3. The van der Waals surface area contributed by atoms with Crippen molar-refractivity contribution in [1.82, 2.24) is 0 Å². The van der Waals surface area contributed by atoms with Crippen molar-refractivity contribution in [2.24, 2.45) is 43.8 Å². The van der Waals surface area contributed by atoms with Crippen molar-refractivity contribution < 1.29 is 49.0 Å². The van der Waals surface area contributed by atoms with Gasteiger partial charge in [-0.2, -0.15) is 6.08 Å². The van der Waals surface area contributed by atoms with Crippen molar-refractivity contribution in [3.05, 3.63) is 174 Å². The summed E-state index contributed by atoms with van der Waals surface area (Å²) in [6.07, 6.45) is 39.3. The van der Waals surface area contributed by atoms with Crippen LogP contribution in [0.1, 0.15) is 78.5 Å². The fourth-order valence-corrected chi connectivity index (χ4v) is 11.9. The molecular weight excluding hydrogens is 739 g/mol. The molecule has 0 nitrogen and oxygen atoms in total. The molecule has 2 saturated carbocycles. The maximum Gasteiger partial charge on any atom is -0.109 e. The number of halogens is 2. The topological polar surface area (TPSA) is 0 Å². The van der Waals surface area contributed by atoms with Crippen LogP contribution in [0.25, 0.3) is 0 Å². The fraction of sp³-hybridized carbons (Fsp3) is 0.375. The molecule has 0 bridgehead atoms. The number of rotatable bonds is 2. The zero-order valence-electron chi connectivity index (χ0n) is 31.9. The minimum absolute atomic E-state index is 0. The van der Waals surface area contributed by atoms with Gasteiger partial charge in [-0.05, 0) is 28.6 Å². The van der Waals surface area contributed by atoms with E-state index in [9.17, 15) is 0 Å². The molecule has 2 aromatic rings. The fourth-order valence-electron chi connectivity index (χ4n) is 11.1. The van der Waals surface area contributed by atoms with Gasteiger partial charge < -0.3 is 31.2 Å². The van der Waals surface area contributed by atoms with E-state index in [2.05, 4.69) is 202 Å². The second-order valence-electron chi connectivity index (χ2n) is 16.3. The molecule has 266 valence electrons. The Hall–Kier alpha value is -2.31. The Labute approximate surface area is 336 Å². The van der Waals surface area contributed by atoms with Gasteiger partial charge >= 0.3 is 106 Å². The third-order valence-corrected chi connectivity index (χ3v) is 16.4. The van der Waals surface area contributed by atoms with Crippen LogP contribution in [-0.4, -0.2) is 3.21 Å². The predicted octanol–water partition coefficient (Wildman–Crippen LogP) is 6.07. The van der Waals surface area contributed by atoms with Crippen LogP contribution < -0.4 is 24.8 Å². The zero-order chi connectivity index (χ0) is 35.3. The second kappa shape index (κ2) is 14.8. The van der Waals surface area contributed by atoms with Crippen molar-refractivity contribution in [2.75, 3.05) is 0 Å². The van der Waals surface area contributed by atoms with Crippen molar-refractivity contribution >= 4 is 3.21 Å². The Morgan fingerprint density at radius 2 is 1.20 bits per heavy atom. The van der Waals surface area contributed by atoms with E-state index in [4.69, 9.17) is 0 Å². The number of aryl methyl sites for hydroxylation is 1. The summed E-state index contributed by atoms with van der Waals surface area (Å²) in [7, 11) is 0. The quantitative estimate of drug-likeness (QED) is 0.325. The first kappa shape index (κ1) is 41.4. The summed E-state index contributed by atoms with van der Waals surface area (Å²) in [5.41, 5.74) is 5.72. The van der Waals surface area contributed by atoms with E-state index in [1.807, 2.05) is 12.2 Å². The zero-order valence-corrected chi connectivity index (χ0v) is 35.9. The molecule has 8 rings (SSSR count). The summed E-state index contributed by atoms with van der Waals surface area (Å²) in [6, 6.07) is 19.3. The first-order chi connectivity index (χ1) is 23.2. The van der Waals surface area contributed by atoms with E-state index in [1.54, 1.807) is 0 Å². The Bertz CT molecular complexity index is 1850. The maximum atomic E-state index is 2.99. The van der Waals surface area contributed by atoms with E-state index in [0.717, 1.165) is 6.42 Å². The summed E-state index contributed by atoms with van der Waals surface area (Å²) in [5, 5.41) is 0. The van der Waals surface area contributed by atoms with Crippen molar-refractivity contribution in [1.29, 1.82) is 0 Å². The molecule has 0 saturated heterocycles. The number of benzene rings is 2. The SMILES string of the molecule is CC1=CC=CC2[CH-]C3(C)C4(C)C=CC=CC4(C)C4(C)C=CC=CC4(C)C3(C)C12C.Cc1ccc([C](=[Zr+2])c2ccccc2)cc1.[C-]1=CC=CC1.[Cl-].[Cl-]. The van der Waals surface area contributed by atoms with E-state index in [-0.39, 0.29) is 62.7 Å². The molecular formula is C48H54Cl2Zr-2. The smallest absolute Gasteiger partial charge is 0.109 e. The third-order valence-electron chi connectivity index (χ3n) is 15.0. The molecule has 8 atom stereocenters. The molecule has 0 heterocycles. The Morgan fingerprint density at radius 1 is 0.667 bits per heavy atom. The molecule has 51 heavy (non-hydrogen) atoms. The second-order valence-corrected chi connectivity index (χ2v) is 17.5. The van der Waals surface area contributed by atoms with Crippen LogP contribution in [0.15, 0.2) is 145 Å². The number of allylic oxidation sites excluding steroid dienone is 16. The summed E-state index contributed by atoms with van der Waals surface area (Å²) in [6.45, 7) is 22.4. The van der Waals surface area contributed by atoms with Gasteiger partial charge in [-0.1, -0.05) is 115 Å². The summed E-state index contributed by atoms with van der Waals surface area (Å²) < 4.78 is 1.42. The molecule has 0 amide bonds. The molecule has 0 radical (unpaired) electrons. The van der Waals surface area contributed by atoms with Crippen LogP contribution in [0.3, 0.4) is 0 Å². The van der Waals surface area contributed by atoms with Crippen LogP contribution in [0.4, 0.5) is 0 Å². The Morgan fingerprint density at radius 3 is 1.73 bits per heavy atom. The number of fused-ring (bicyclic) bond motifs is 8. The van der Waals surface area contributed by atoms with Gasteiger partial charge in [0.2, 0.25) is 0 Å². The van der Waals surface area contributed by atoms with Gasteiger partial charge in [-0.3, -0.25) is 6.08 Å². The summed E-state index contributed by atoms with van der Waals surface area (Å²) in [4.78, 5) is 0. The molecule has 8 unspecified atom stereocenters. The van der Waals surface area contributed by atoms with Crippen LogP contribution in [0, 0.1) is 63.2 Å². The monoisotopic (exact) mass is 790 g/mol. The molecule has 3 heteroatoms. The van der Waals surface area contributed by atoms with E-state index in [0.29, 0.717) is 5.92 Å². The first-order valence-electron chi connectivity index (χ1n) is 18.1. The largest absolute Gasteiger partial charge is 1.00 e. The average molecular weight is 793 g/mol. The standard InChI is InChI=1S/C29H37.C14H12.C5H5.2ClH.Zr/c1-21-14-13-15-22-20-27(6)25(4)18-10-9-16-23(25,2)24(3)17-11-12-19-26(24,5)29(27,8)28(21,22)7;1-12-7-9-14(10-8-12)11-13-5-3-2-4-6-13;1-2-4-5-3-1;;;/h9-20,22H,1-8H3;2-10H,1H3;1-3H,4H2;2*1H;/q-1;;-1;;;+2/p-2. The van der Waals surface area contributed by atoms with Crippen LogP contribution in [0.2, 0.25) is 0 Å². The van der Waals surface area contributed by atoms with E-state index in [1.165, 1.54) is 49.7 Å². The molecule has 2 fully saturated rings. The van der Waals surface area contributed by atoms with Gasteiger partial charge in [0.05, 0.1) is 0 Å². The van der Waals surface area contributed by atoms with Gasteiger partial charge in [0.25, 0.3) is 0 Å². The third kappa shape index (κ3) is 5.66. The summed E-state index contributed by atoms with van der Waals surface area (Å²) in [5.74, 6) is 0.460. The predicted molar refractivity (Wildman–Crippen MR) is 206 cm³/mol. The molecule has 0 aliphatic heterocycles. The van der Waals surface area contributed by atoms with E-state index < -0.39 is 0 Å². The first-order valence-corrected chi connectivity index (χ1v) is 19.3. The molecule has 0 spiro atoms. The van der Waals surface area contributed by atoms with Gasteiger partial charge in [0, 0.05) is 10.8 Å². The minimum Gasteiger partial charge on any atom is -1.00 e. The molecule has 6 aliphatic rings. The molecule has 0 aromatic heterocycles. The average Bonchev–Trinajstić information content (AvgIpc) is 3.75. The van der Waals surface area contributed by atoms with E-state index >= 15 is 0 Å². The maximum absolute atomic E-state index is 2.99. The number of hydrogen-bond acceptors (Lipinski definition) is 0. The molecule has 2 aromatic carbocycles. The van der Waals surface area contributed by atoms with Crippen molar-refractivity contribution in [3.8, 4) is 0 Å². The van der Waals surface area contributed by atoms with Crippen molar-refractivity contribution in [2.45, 2.75) is 68.7 Å².